The van der Waals surface area contributed by atoms with Crippen LogP contribution in [-0.2, 0) is 18.5 Å². The number of halogens is 6. The SMILES string of the molecule is CCn1c(SCc2ccc(OC(F)(F)F)cc2)nnc1-c1cnn(-c2ccccc2)c1C(F)(F)F. The van der Waals surface area contributed by atoms with Gasteiger partial charge in [0.25, 0.3) is 0 Å². The lowest BCUT2D eigenvalue weighted by atomic mass is 10.2. The van der Waals surface area contributed by atoms with Crippen molar-refractivity contribution in [1.82, 2.24) is 24.5 Å². The molecule has 184 valence electrons. The maximum absolute atomic E-state index is 14.1. The fourth-order valence-corrected chi connectivity index (χ4v) is 4.32. The third-order valence-corrected chi connectivity index (χ3v) is 5.88. The molecule has 2 aromatic heterocycles. The Morgan fingerprint density at radius 3 is 2.20 bits per heavy atom. The maximum atomic E-state index is 14.1. The fraction of sp³-hybridized carbons (Fsp3) is 0.227. The molecular formula is C22H17F6N5OS. The average Bonchev–Trinajstić information content (AvgIpc) is 3.42. The Labute approximate surface area is 199 Å². The van der Waals surface area contributed by atoms with Gasteiger partial charge in [-0.3, -0.25) is 0 Å². The minimum atomic E-state index is -4.78. The second kappa shape index (κ2) is 9.64. The second-order valence-electron chi connectivity index (χ2n) is 7.18. The van der Waals surface area contributed by atoms with E-state index in [1.165, 1.54) is 52.7 Å². The number of thioether (sulfide) groups is 1. The first-order chi connectivity index (χ1) is 16.6. The first-order valence-electron chi connectivity index (χ1n) is 10.2. The van der Waals surface area contributed by atoms with Crippen molar-refractivity contribution in [3.05, 3.63) is 72.1 Å². The number of alkyl halides is 6. The molecule has 0 unspecified atom stereocenters. The lowest BCUT2D eigenvalue weighted by molar-refractivity contribution is -0.274. The predicted octanol–water partition coefficient (Wildman–Crippen LogP) is 6.36. The highest BCUT2D eigenvalue weighted by Crippen LogP contribution is 2.39. The zero-order valence-corrected chi connectivity index (χ0v) is 18.8. The number of benzene rings is 2. The largest absolute Gasteiger partial charge is 0.573 e. The Morgan fingerprint density at radius 2 is 1.60 bits per heavy atom. The van der Waals surface area contributed by atoms with E-state index in [1.807, 2.05) is 0 Å². The highest BCUT2D eigenvalue weighted by molar-refractivity contribution is 7.98. The lowest BCUT2D eigenvalue weighted by Gasteiger charge is -2.13. The minimum absolute atomic E-state index is 0.0124. The van der Waals surface area contributed by atoms with Gasteiger partial charge in [-0.15, -0.1) is 23.4 Å². The van der Waals surface area contributed by atoms with E-state index in [2.05, 4.69) is 20.0 Å². The maximum Gasteiger partial charge on any atom is 0.573 e. The molecule has 0 aliphatic rings. The van der Waals surface area contributed by atoms with Crippen LogP contribution in [-0.4, -0.2) is 30.9 Å². The molecule has 13 heteroatoms. The summed E-state index contributed by atoms with van der Waals surface area (Å²) >= 11 is 1.19. The van der Waals surface area contributed by atoms with Crippen LogP contribution in [0.15, 0.2) is 66.0 Å². The Hall–Kier alpha value is -3.48. The van der Waals surface area contributed by atoms with E-state index in [9.17, 15) is 26.3 Å². The van der Waals surface area contributed by atoms with Crippen molar-refractivity contribution in [2.75, 3.05) is 0 Å². The van der Waals surface area contributed by atoms with Gasteiger partial charge < -0.3 is 9.30 Å². The number of hydrogen-bond donors (Lipinski definition) is 0. The van der Waals surface area contributed by atoms with Gasteiger partial charge in [0, 0.05) is 12.3 Å². The number of nitrogens with zero attached hydrogens (tertiary/aromatic N) is 5. The van der Waals surface area contributed by atoms with Crippen molar-refractivity contribution in [3.63, 3.8) is 0 Å². The van der Waals surface area contributed by atoms with Gasteiger partial charge in [-0.25, -0.2) is 4.68 Å². The molecule has 0 amide bonds. The summed E-state index contributed by atoms with van der Waals surface area (Å²) in [6.07, 6.45) is -8.38. The van der Waals surface area contributed by atoms with Crippen LogP contribution in [0.4, 0.5) is 26.3 Å². The van der Waals surface area contributed by atoms with Crippen molar-refractivity contribution >= 4 is 11.8 Å². The van der Waals surface area contributed by atoms with Crippen LogP contribution in [0.25, 0.3) is 17.1 Å². The molecule has 6 nitrogen and oxygen atoms in total. The fourth-order valence-electron chi connectivity index (χ4n) is 3.36. The van der Waals surface area contributed by atoms with Crippen LogP contribution in [0.5, 0.6) is 5.75 Å². The minimum Gasteiger partial charge on any atom is -0.406 e. The Bertz CT molecular complexity index is 1280. The summed E-state index contributed by atoms with van der Waals surface area (Å²) in [5.41, 5.74) is -0.260. The van der Waals surface area contributed by atoms with Crippen molar-refractivity contribution in [2.24, 2.45) is 0 Å². The summed E-state index contributed by atoms with van der Waals surface area (Å²) in [5, 5.41) is 12.4. The molecule has 0 spiro atoms. The molecule has 0 N–H and O–H groups in total. The Balaban J connectivity index is 1.61. The molecule has 0 radical (unpaired) electrons. The molecule has 0 saturated heterocycles. The van der Waals surface area contributed by atoms with Crippen molar-refractivity contribution in [2.45, 2.75) is 36.9 Å². The molecule has 0 bridgehead atoms. The van der Waals surface area contributed by atoms with Crippen LogP contribution >= 0.6 is 11.8 Å². The van der Waals surface area contributed by atoms with E-state index >= 15 is 0 Å². The summed E-state index contributed by atoms with van der Waals surface area (Å²) < 4.78 is 85.3. The van der Waals surface area contributed by atoms with E-state index in [0.717, 1.165) is 10.9 Å². The summed E-state index contributed by atoms with van der Waals surface area (Å²) in [6.45, 7) is 2.03. The third-order valence-electron chi connectivity index (χ3n) is 4.84. The standard InChI is InChI=1S/C22H17F6N5OS/c1-2-32-19(17-12-29-33(18(17)21(23,24)25)15-6-4-3-5-7-15)30-31-20(32)35-13-14-8-10-16(11-9-14)34-22(26,27)28/h3-12H,2,13H2,1H3. The van der Waals surface area contributed by atoms with E-state index in [4.69, 9.17) is 0 Å². The molecule has 35 heavy (non-hydrogen) atoms. The average molecular weight is 513 g/mol. The van der Waals surface area contributed by atoms with Crippen LogP contribution in [0.2, 0.25) is 0 Å². The number of aromatic nitrogens is 5. The third kappa shape index (κ3) is 5.61. The molecule has 2 aromatic carbocycles. The smallest absolute Gasteiger partial charge is 0.406 e. The molecule has 0 aliphatic carbocycles. The predicted molar refractivity (Wildman–Crippen MR) is 116 cm³/mol. The van der Waals surface area contributed by atoms with Gasteiger partial charge >= 0.3 is 12.5 Å². The topological polar surface area (TPSA) is 57.8 Å². The van der Waals surface area contributed by atoms with Gasteiger partial charge in [-0.2, -0.15) is 18.3 Å². The molecule has 4 rings (SSSR count). The zero-order chi connectivity index (χ0) is 25.2. The number of para-hydroxylation sites is 1. The van der Waals surface area contributed by atoms with Crippen molar-refractivity contribution in [1.29, 1.82) is 0 Å². The zero-order valence-electron chi connectivity index (χ0n) is 18.0. The van der Waals surface area contributed by atoms with Crippen molar-refractivity contribution in [3.8, 4) is 22.8 Å². The first kappa shape index (κ1) is 24.6. The summed E-state index contributed by atoms with van der Waals surface area (Å²) in [6, 6.07) is 13.3. The van der Waals surface area contributed by atoms with Gasteiger partial charge in [0.2, 0.25) is 0 Å². The van der Waals surface area contributed by atoms with Crippen LogP contribution in [0.3, 0.4) is 0 Å². The molecular weight excluding hydrogens is 496 g/mol. The van der Waals surface area contributed by atoms with Crippen LogP contribution in [0, 0.1) is 0 Å². The lowest BCUT2D eigenvalue weighted by Crippen LogP contribution is -2.16. The van der Waals surface area contributed by atoms with Crippen LogP contribution in [0.1, 0.15) is 18.2 Å². The number of rotatable bonds is 7. The number of hydrogen-bond acceptors (Lipinski definition) is 5. The van der Waals surface area contributed by atoms with E-state index in [0.29, 0.717) is 16.5 Å². The van der Waals surface area contributed by atoms with Gasteiger partial charge in [-0.05, 0) is 36.8 Å². The van der Waals surface area contributed by atoms with Crippen LogP contribution < -0.4 is 4.74 Å². The van der Waals surface area contributed by atoms with Gasteiger partial charge in [0.1, 0.15) is 5.75 Å². The highest BCUT2D eigenvalue weighted by atomic mass is 32.2. The molecule has 2 heterocycles. The van der Waals surface area contributed by atoms with Gasteiger partial charge in [0.05, 0.1) is 17.4 Å². The highest BCUT2D eigenvalue weighted by Gasteiger charge is 2.40. The van der Waals surface area contributed by atoms with E-state index in [1.54, 1.807) is 25.1 Å². The first-order valence-corrected chi connectivity index (χ1v) is 11.2. The van der Waals surface area contributed by atoms with E-state index in [-0.39, 0.29) is 29.4 Å². The molecule has 0 atom stereocenters. The normalized spacial score (nSPS) is 12.2. The molecule has 0 fully saturated rings. The second-order valence-corrected chi connectivity index (χ2v) is 8.13. The van der Waals surface area contributed by atoms with Gasteiger partial charge in [-0.1, -0.05) is 42.1 Å². The number of ether oxygens (including phenoxy) is 1. The van der Waals surface area contributed by atoms with E-state index < -0.39 is 18.2 Å². The van der Waals surface area contributed by atoms with Gasteiger partial charge in [0.15, 0.2) is 16.7 Å². The Kier molecular flexibility index (Phi) is 6.79. The monoisotopic (exact) mass is 513 g/mol. The quantitative estimate of drug-likeness (QED) is 0.213. The summed E-state index contributed by atoms with van der Waals surface area (Å²) in [7, 11) is 0. The molecule has 0 saturated carbocycles. The summed E-state index contributed by atoms with van der Waals surface area (Å²) in [5.74, 6) is -0.0291. The van der Waals surface area contributed by atoms with Crippen molar-refractivity contribution < 1.29 is 31.1 Å². The summed E-state index contributed by atoms with van der Waals surface area (Å²) in [4.78, 5) is 0. The molecule has 0 aliphatic heterocycles. The Morgan fingerprint density at radius 1 is 0.914 bits per heavy atom. The molecule has 4 aromatic rings.